The van der Waals surface area contributed by atoms with Crippen molar-refractivity contribution in [2.24, 2.45) is 0 Å². The Bertz CT molecular complexity index is 783. The van der Waals surface area contributed by atoms with Crippen LogP contribution in [0.1, 0.15) is 23.1 Å². The van der Waals surface area contributed by atoms with Crippen LogP contribution in [0.15, 0.2) is 41.3 Å². The minimum Gasteiger partial charge on any atom is -0.293 e. The highest BCUT2D eigenvalue weighted by atomic mass is 35.5. The zero-order chi connectivity index (χ0) is 15.6. The summed E-state index contributed by atoms with van der Waals surface area (Å²) in [6.45, 7) is 1.37. The Morgan fingerprint density at radius 1 is 1.10 bits per heavy atom. The van der Waals surface area contributed by atoms with Gasteiger partial charge in [-0.3, -0.25) is 4.79 Å². The van der Waals surface area contributed by atoms with Crippen LogP contribution < -0.4 is 0 Å². The van der Waals surface area contributed by atoms with Crippen LogP contribution in [-0.4, -0.2) is 19.2 Å². The topological polar surface area (TPSA) is 64.1 Å². The Morgan fingerprint density at radius 2 is 1.67 bits per heavy atom. The van der Waals surface area contributed by atoms with Gasteiger partial charge in [-0.1, -0.05) is 35.3 Å². The van der Waals surface area contributed by atoms with Gasteiger partial charge >= 0.3 is 0 Å². The largest absolute Gasteiger partial charge is 0.293 e. The van der Waals surface area contributed by atoms with Crippen molar-refractivity contribution in [3.8, 4) is 0 Å². The second kappa shape index (κ2) is 6.13. The predicted octanol–water partition coefficient (Wildman–Crippen LogP) is 3.56. The first-order chi connectivity index (χ1) is 9.81. The first-order valence-electron chi connectivity index (χ1n) is 5.95. The molecule has 0 saturated heterocycles. The van der Waals surface area contributed by atoms with Crippen molar-refractivity contribution in [3.05, 3.63) is 57.8 Å². The highest BCUT2D eigenvalue weighted by Crippen LogP contribution is 2.31. The summed E-state index contributed by atoms with van der Waals surface area (Å²) in [5.41, 5.74) is 0.478. The molecule has 4 nitrogen and oxygen atoms in total. The predicted molar refractivity (Wildman–Crippen MR) is 81.6 cm³/mol. The van der Waals surface area contributed by atoms with Crippen molar-refractivity contribution in [2.75, 3.05) is 0 Å². The SMILES string of the molecule is CC(=O)c1cccc(CS(=O)(=O)c2c(Cl)cccc2Cl)n1. The number of halogens is 2. The number of Topliss-reactive ketones (excluding diaryl/α,β-unsaturated/α-hetero) is 1. The average Bonchev–Trinajstić information content (AvgIpc) is 2.37. The van der Waals surface area contributed by atoms with E-state index in [4.69, 9.17) is 23.2 Å². The number of ketones is 1. The zero-order valence-corrected chi connectivity index (χ0v) is 13.3. The van der Waals surface area contributed by atoms with E-state index in [9.17, 15) is 13.2 Å². The quantitative estimate of drug-likeness (QED) is 0.796. The van der Waals surface area contributed by atoms with Crippen LogP contribution in [0.2, 0.25) is 10.0 Å². The van der Waals surface area contributed by atoms with Crippen molar-refractivity contribution in [3.63, 3.8) is 0 Å². The van der Waals surface area contributed by atoms with E-state index in [0.29, 0.717) is 0 Å². The molecule has 0 amide bonds. The van der Waals surface area contributed by atoms with E-state index in [1.807, 2.05) is 0 Å². The number of carbonyl (C=O) groups is 1. The molecule has 21 heavy (non-hydrogen) atoms. The fourth-order valence-electron chi connectivity index (χ4n) is 1.80. The van der Waals surface area contributed by atoms with Gasteiger partial charge in [0.05, 0.1) is 21.5 Å². The molecule has 7 heteroatoms. The summed E-state index contributed by atoms with van der Waals surface area (Å²) in [6.07, 6.45) is 0. The molecule has 0 aliphatic carbocycles. The number of hydrogen-bond donors (Lipinski definition) is 0. The zero-order valence-electron chi connectivity index (χ0n) is 11.0. The number of carbonyl (C=O) groups excluding carboxylic acids is 1. The summed E-state index contributed by atoms with van der Waals surface area (Å²) in [4.78, 5) is 15.2. The van der Waals surface area contributed by atoms with Crippen LogP contribution in [0.5, 0.6) is 0 Å². The molecule has 1 aromatic heterocycles. The number of rotatable bonds is 4. The summed E-state index contributed by atoms with van der Waals surface area (Å²) >= 11 is 11.8. The third-order valence-electron chi connectivity index (χ3n) is 2.74. The molecule has 0 unspecified atom stereocenters. The third kappa shape index (κ3) is 3.61. The van der Waals surface area contributed by atoms with Gasteiger partial charge in [0.25, 0.3) is 0 Å². The van der Waals surface area contributed by atoms with Gasteiger partial charge in [0.2, 0.25) is 0 Å². The van der Waals surface area contributed by atoms with E-state index in [0.717, 1.165) is 0 Å². The summed E-state index contributed by atoms with van der Waals surface area (Å²) in [5, 5.41) is 0.121. The fourth-order valence-corrected chi connectivity index (χ4v) is 4.33. The Labute approximate surface area is 132 Å². The maximum atomic E-state index is 12.4. The summed E-state index contributed by atoms with van der Waals surface area (Å²) < 4.78 is 24.9. The molecule has 0 fully saturated rings. The summed E-state index contributed by atoms with van der Waals surface area (Å²) in [6, 6.07) is 9.14. The smallest absolute Gasteiger partial charge is 0.187 e. The molecular formula is C14H11Cl2NO3S. The molecule has 1 aromatic carbocycles. The molecule has 0 aliphatic heterocycles. The molecule has 0 N–H and O–H groups in total. The average molecular weight is 344 g/mol. The van der Waals surface area contributed by atoms with E-state index in [-0.39, 0.29) is 37.9 Å². The van der Waals surface area contributed by atoms with E-state index in [1.54, 1.807) is 12.1 Å². The lowest BCUT2D eigenvalue weighted by molar-refractivity contribution is 0.101. The Kier molecular flexibility index (Phi) is 4.66. The highest BCUT2D eigenvalue weighted by molar-refractivity contribution is 7.90. The molecule has 0 spiro atoms. The van der Waals surface area contributed by atoms with Crippen molar-refractivity contribution in [2.45, 2.75) is 17.6 Å². The van der Waals surface area contributed by atoms with Gasteiger partial charge < -0.3 is 0 Å². The van der Waals surface area contributed by atoms with Gasteiger partial charge in [-0.05, 0) is 24.3 Å². The normalized spacial score (nSPS) is 11.4. The Morgan fingerprint density at radius 3 is 2.24 bits per heavy atom. The van der Waals surface area contributed by atoms with Crippen molar-refractivity contribution in [1.29, 1.82) is 0 Å². The number of sulfone groups is 1. The number of pyridine rings is 1. The molecule has 0 radical (unpaired) electrons. The van der Waals surface area contributed by atoms with Gasteiger partial charge in [0, 0.05) is 6.92 Å². The van der Waals surface area contributed by atoms with Crippen molar-refractivity contribution < 1.29 is 13.2 Å². The van der Waals surface area contributed by atoms with E-state index in [2.05, 4.69) is 4.98 Å². The lowest BCUT2D eigenvalue weighted by Gasteiger charge is -2.08. The van der Waals surface area contributed by atoms with Crippen LogP contribution in [0.25, 0.3) is 0 Å². The molecule has 2 aromatic rings. The lowest BCUT2D eigenvalue weighted by Crippen LogP contribution is -2.09. The summed E-state index contributed by atoms with van der Waals surface area (Å²) in [5.74, 6) is -0.609. The van der Waals surface area contributed by atoms with Crippen molar-refractivity contribution in [1.82, 2.24) is 4.98 Å². The van der Waals surface area contributed by atoms with E-state index in [1.165, 1.54) is 31.2 Å². The molecule has 1 heterocycles. The molecule has 0 bridgehead atoms. The van der Waals surface area contributed by atoms with Crippen LogP contribution in [0.3, 0.4) is 0 Å². The number of benzene rings is 1. The maximum Gasteiger partial charge on any atom is 0.187 e. The molecule has 0 atom stereocenters. The molecule has 110 valence electrons. The van der Waals surface area contributed by atoms with E-state index < -0.39 is 9.84 Å². The minimum atomic E-state index is -3.75. The van der Waals surface area contributed by atoms with Gasteiger partial charge in [0.1, 0.15) is 10.6 Å². The Hall–Kier alpha value is -1.43. The number of hydrogen-bond acceptors (Lipinski definition) is 4. The van der Waals surface area contributed by atoms with E-state index >= 15 is 0 Å². The van der Waals surface area contributed by atoms with Gasteiger partial charge in [-0.25, -0.2) is 13.4 Å². The van der Waals surface area contributed by atoms with Gasteiger partial charge in [-0.2, -0.15) is 0 Å². The maximum absolute atomic E-state index is 12.4. The fraction of sp³-hybridized carbons (Fsp3) is 0.143. The molecule has 2 rings (SSSR count). The molecular weight excluding hydrogens is 333 g/mol. The van der Waals surface area contributed by atoms with Crippen LogP contribution in [0, 0.1) is 0 Å². The Balaban J connectivity index is 2.43. The second-order valence-corrected chi connectivity index (χ2v) is 7.12. The van der Waals surface area contributed by atoms with Gasteiger partial charge in [0.15, 0.2) is 15.6 Å². The summed E-state index contributed by atoms with van der Waals surface area (Å²) in [7, 11) is -3.75. The van der Waals surface area contributed by atoms with Gasteiger partial charge in [-0.15, -0.1) is 0 Å². The third-order valence-corrected chi connectivity index (χ3v) is 5.33. The minimum absolute atomic E-state index is 0.0604. The van der Waals surface area contributed by atoms with Crippen LogP contribution in [-0.2, 0) is 15.6 Å². The standard InChI is InChI=1S/C14H11Cl2NO3S/c1-9(18)13-7-2-4-10(17-13)8-21(19,20)14-11(15)5-3-6-12(14)16/h2-7H,8H2,1H3. The lowest BCUT2D eigenvalue weighted by atomic mass is 10.2. The second-order valence-electron chi connectivity index (χ2n) is 4.38. The van der Waals surface area contributed by atoms with Crippen LogP contribution >= 0.6 is 23.2 Å². The van der Waals surface area contributed by atoms with Crippen LogP contribution in [0.4, 0.5) is 0 Å². The number of aromatic nitrogens is 1. The first-order valence-corrected chi connectivity index (χ1v) is 8.36. The first kappa shape index (κ1) is 15.9. The molecule has 0 aliphatic rings. The highest BCUT2D eigenvalue weighted by Gasteiger charge is 2.23. The van der Waals surface area contributed by atoms with Crippen molar-refractivity contribution >= 4 is 38.8 Å². The number of nitrogens with zero attached hydrogens (tertiary/aromatic N) is 1. The molecule has 0 saturated carbocycles. The monoisotopic (exact) mass is 343 g/mol.